The topological polar surface area (TPSA) is 12.0 Å². The van der Waals surface area contributed by atoms with E-state index in [2.05, 4.69) is 36.6 Å². The third kappa shape index (κ3) is 4.39. The fourth-order valence-corrected chi connectivity index (χ4v) is 1.25. The average Bonchev–Trinajstić information content (AvgIpc) is 2.04. The van der Waals surface area contributed by atoms with Crippen LogP contribution in [0.3, 0.4) is 0 Å². The van der Waals surface area contributed by atoms with E-state index in [-0.39, 0.29) is 0 Å². The molecule has 1 nitrogen and oxygen atoms in total. The Bertz CT molecular complexity index is 313. The molecule has 0 saturated carbocycles. The lowest BCUT2D eigenvalue weighted by atomic mass is 10.2. The van der Waals surface area contributed by atoms with Gasteiger partial charge in [-0.3, -0.25) is 0 Å². The first-order chi connectivity index (χ1) is 6.08. The molecule has 0 radical (unpaired) electrons. The van der Waals surface area contributed by atoms with Crippen molar-refractivity contribution >= 4 is 8.24 Å². The van der Waals surface area contributed by atoms with Gasteiger partial charge >= 0.3 is 0 Å². The molecular formula is C11H15NSi. The van der Waals surface area contributed by atoms with Crippen molar-refractivity contribution in [1.82, 2.24) is 4.98 Å². The molecule has 0 fully saturated rings. The second kappa shape index (κ2) is 4.15. The Hall–Kier alpha value is -1.20. The Balaban J connectivity index is 2.59. The quantitative estimate of drug-likeness (QED) is 0.406. The van der Waals surface area contributed by atoms with Crippen LogP contribution in [0.5, 0.6) is 0 Å². The van der Waals surface area contributed by atoms with Gasteiger partial charge in [-0.05, 0) is 18.1 Å². The maximum atomic E-state index is 3.25. The maximum absolute atomic E-state index is 3.25. The van der Waals surface area contributed by atoms with Crippen molar-refractivity contribution in [3.63, 3.8) is 0 Å². The highest BCUT2D eigenvalue weighted by atomic mass is 28.3. The average molecular weight is 189 g/mol. The van der Waals surface area contributed by atoms with E-state index in [0.717, 1.165) is 5.56 Å². The normalized spacial score (nSPS) is 10.1. The van der Waals surface area contributed by atoms with E-state index < -0.39 is 8.24 Å². The molecule has 1 aromatic rings. The summed E-state index contributed by atoms with van der Waals surface area (Å²) in [6.45, 7) is 6.69. The van der Waals surface area contributed by atoms with Crippen LogP contribution in [0.4, 0.5) is 0 Å². The molecule has 0 amide bonds. The number of rotatable bonds is 1. The van der Waals surface area contributed by atoms with Gasteiger partial charge in [-0.1, -0.05) is 37.8 Å². The van der Waals surface area contributed by atoms with E-state index in [1.165, 1.54) is 0 Å². The van der Waals surface area contributed by atoms with Crippen LogP contribution in [0.15, 0.2) is 30.3 Å². The van der Waals surface area contributed by atoms with Crippen LogP contribution in [0, 0.1) is 12.0 Å². The SMILES string of the molecule is C[Si](C)(C)NC#Cc1ccccc1. The van der Waals surface area contributed by atoms with Gasteiger partial charge < -0.3 is 4.98 Å². The summed E-state index contributed by atoms with van der Waals surface area (Å²) in [5, 5.41) is 0. The monoisotopic (exact) mass is 189 g/mol. The summed E-state index contributed by atoms with van der Waals surface area (Å²) in [5.41, 5.74) is 1.06. The molecule has 1 aromatic carbocycles. The number of nitrogens with one attached hydrogen (secondary N) is 1. The van der Waals surface area contributed by atoms with Crippen LogP contribution >= 0.6 is 0 Å². The summed E-state index contributed by atoms with van der Waals surface area (Å²) < 4.78 is 0. The molecule has 0 aliphatic carbocycles. The Morgan fingerprint density at radius 3 is 2.23 bits per heavy atom. The first-order valence-corrected chi connectivity index (χ1v) is 7.91. The van der Waals surface area contributed by atoms with Crippen molar-refractivity contribution < 1.29 is 0 Å². The summed E-state index contributed by atoms with van der Waals surface area (Å²) >= 11 is 0. The predicted octanol–water partition coefficient (Wildman–Crippen LogP) is 2.42. The second-order valence-corrected chi connectivity index (χ2v) is 8.74. The molecule has 0 aliphatic heterocycles. The first kappa shape index (κ1) is 9.88. The smallest absolute Gasteiger partial charge is 0.153 e. The van der Waals surface area contributed by atoms with E-state index in [4.69, 9.17) is 0 Å². The van der Waals surface area contributed by atoms with E-state index in [9.17, 15) is 0 Å². The standard InChI is InChI=1S/C11H15NSi/c1-13(2,3)12-10-9-11-7-5-4-6-8-11/h4-8,12H,1-3H3. The summed E-state index contributed by atoms with van der Waals surface area (Å²) in [5.74, 6) is 3.07. The number of hydrogen-bond acceptors (Lipinski definition) is 1. The fourth-order valence-electron chi connectivity index (χ4n) is 0.812. The summed E-state index contributed by atoms with van der Waals surface area (Å²) in [6, 6.07) is 13.0. The van der Waals surface area contributed by atoms with Crippen molar-refractivity contribution in [1.29, 1.82) is 0 Å². The highest BCUT2D eigenvalue weighted by Gasteiger charge is 2.09. The van der Waals surface area contributed by atoms with Crippen LogP contribution in [-0.2, 0) is 0 Å². The van der Waals surface area contributed by atoms with E-state index >= 15 is 0 Å². The molecule has 0 aromatic heterocycles. The van der Waals surface area contributed by atoms with E-state index in [1.54, 1.807) is 0 Å². The van der Waals surface area contributed by atoms with E-state index in [0.29, 0.717) is 0 Å². The number of benzene rings is 1. The lowest BCUT2D eigenvalue weighted by molar-refractivity contribution is 1.31. The van der Waals surface area contributed by atoms with Crippen LogP contribution < -0.4 is 4.98 Å². The van der Waals surface area contributed by atoms with Gasteiger partial charge in [-0.2, -0.15) is 0 Å². The summed E-state index contributed by atoms with van der Waals surface area (Å²) in [7, 11) is -1.23. The van der Waals surface area contributed by atoms with Gasteiger partial charge in [0.1, 0.15) is 0 Å². The van der Waals surface area contributed by atoms with E-state index in [1.807, 2.05) is 30.3 Å². The molecule has 2 heteroatoms. The van der Waals surface area contributed by atoms with Crippen LogP contribution in [0.2, 0.25) is 19.6 Å². The number of hydrogen-bond donors (Lipinski definition) is 1. The van der Waals surface area contributed by atoms with Crippen molar-refractivity contribution in [2.45, 2.75) is 19.6 Å². The van der Waals surface area contributed by atoms with Crippen molar-refractivity contribution in [2.24, 2.45) is 0 Å². The molecule has 0 aliphatic rings. The molecule has 0 heterocycles. The minimum Gasteiger partial charge on any atom is -0.372 e. The molecule has 0 spiro atoms. The largest absolute Gasteiger partial charge is 0.372 e. The highest BCUT2D eigenvalue weighted by Crippen LogP contribution is 1.95. The first-order valence-electron chi connectivity index (χ1n) is 4.41. The molecule has 0 atom stereocenters. The fraction of sp³-hybridized carbons (Fsp3) is 0.273. The molecule has 13 heavy (non-hydrogen) atoms. The van der Waals surface area contributed by atoms with Crippen molar-refractivity contribution in [2.75, 3.05) is 0 Å². The molecular weight excluding hydrogens is 174 g/mol. The van der Waals surface area contributed by atoms with Gasteiger partial charge in [0.25, 0.3) is 0 Å². The van der Waals surface area contributed by atoms with Gasteiger partial charge in [0.2, 0.25) is 0 Å². The van der Waals surface area contributed by atoms with Crippen LogP contribution in [-0.4, -0.2) is 8.24 Å². The zero-order valence-corrected chi connectivity index (χ0v) is 9.39. The van der Waals surface area contributed by atoms with Crippen molar-refractivity contribution in [3.05, 3.63) is 35.9 Å². The molecule has 68 valence electrons. The minimum absolute atomic E-state index is 1.06. The Morgan fingerprint density at radius 2 is 1.69 bits per heavy atom. The van der Waals surface area contributed by atoms with Gasteiger partial charge in [-0.15, -0.1) is 0 Å². The highest BCUT2D eigenvalue weighted by molar-refractivity contribution is 6.74. The minimum atomic E-state index is -1.23. The summed E-state index contributed by atoms with van der Waals surface area (Å²) in [6.07, 6.45) is 0. The lowest BCUT2D eigenvalue weighted by Gasteiger charge is -2.12. The Labute approximate surface area is 81.3 Å². The third-order valence-corrected chi connectivity index (χ3v) is 2.29. The summed E-state index contributed by atoms with van der Waals surface area (Å²) in [4.78, 5) is 3.25. The second-order valence-electron chi connectivity index (χ2n) is 3.99. The maximum Gasteiger partial charge on any atom is 0.153 e. The van der Waals surface area contributed by atoms with Gasteiger partial charge in [0.15, 0.2) is 8.24 Å². The van der Waals surface area contributed by atoms with Gasteiger partial charge in [0.05, 0.1) is 0 Å². The zero-order chi connectivity index (χ0) is 9.73. The molecule has 1 rings (SSSR count). The predicted molar refractivity (Wildman–Crippen MR) is 59.8 cm³/mol. The third-order valence-electron chi connectivity index (χ3n) is 1.42. The van der Waals surface area contributed by atoms with Gasteiger partial charge in [0, 0.05) is 11.6 Å². The van der Waals surface area contributed by atoms with Crippen LogP contribution in [0.1, 0.15) is 5.56 Å². The zero-order valence-electron chi connectivity index (χ0n) is 8.39. The Morgan fingerprint density at radius 1 is 1.08 bits per heavy atom. The molecule has 0 unspecified atom stereocenters. The molecule has 0 saturated heterocycles. The molecule has 1 N–H and O–H groups in total. The van der Waals surface area contributed by atoms with Crippen LogP contribution in [0.25, 0.3) is 0 Å². The molecule has 0 bridgehead atoms. The van der Waals surface area contributed by atoms with Gasteiger partial charge in [-0.25, -0.2) is 0 Å². The lowest BCUT2D eigenvalue weighted by Crippen LogP contribution is -2.37. The Kier molecular flexibility index (Phi) is 3.16. The van der Waals surface area contributed by atoms with Crippen molar-refractivity contribution in [3.8, 4) is 12.0 Å².